The number of hydrogen-bond acceptors (Lipinski definition) is 4. The zero-order valence-electron chi connectivity index (χ0n) is 14.5. The van der Waals surface area contributed by atoms with Crippen molar-refractivity contribution < 1.29 is 9.59 Å². The van der Waals surface area contributed by atoms with Crippen molar-refractivity contribution in [1.82, 2.24) is 14.7 Å². The maximum atomic E-state index is 12.6. The first-order valence-electron chi connectivity index (χ1n) is 8.60. The van der Waals surface area contributed by atoms with E-state index in [9.17, 15) is 9.59 Å². The molecule has 2 saturated heterocycles. The molecule has 2 heterocycles. The predicted molar refractivity (Wildman–Crippen MR) is 87.4 cm³/mol. The van der Waals surface area contributed by atoms with E-state index in [1.807, 2.05) is 11.8 Å². The lowest BCUT2D eigenvalue weighted by Crippen LogP contribution is -2.57. The van der Waals surface area contributed by atoms with Gasteiger partial charge in [0.2, 0.25) is 11.8 Å². The predicted octanol–water partition coefficient (Wildman–Crippen LogP) is 1.08. The minimum absolute atomic E-state index is 0.116. The molecule has 2 aliphatic rings. The van der Waals surface area contributed by atoms with Crippen molar-refractivity contribution in [2.24, 2.45) is 5.41 Å². The molecule has 2 fully saturated rings. The van der Waals surface area contributed by atoms with Crippen LogP contribution in [0.2, 0.25) is 0 Å². The summed E-state index contributed by atoms with van der Waals surface area (Å²) in [5, 5.41) is 9.09. The number of amides is 2. The lowest BCUT2D eigenvalue weighted by molar-refractivity contribution is -0.142. The van der Waals surface area contributed by atoms with Gasteiger partial charge in [0, 0.05) is 39.3 Å². The summed E-state index contributed by atoms with van der Waals surface area (Å²) in [6, 6.07) is 1.94. The van der Waals surface area contributed by atoms with Crippen LogP contribution in [-0.2, 0) is 9.59 Å². The second-order valence-electron chi connectivity index (χ2n) is 7.13. The molecule has 0 aromatic carbocycles. The van der Waals surface area contributed by atoms with Crippen LogP contribution in [0, 0.1) is 16.7 Å². The topological polar surface area (TPSA) is 67.7 Å². The summed E-state index contributed by atoms with van der Waals surface area (Å²) in [4.78, 5) is 30.8. The Labute approximate surface area is 139 Å². The molecule has 0 unspecified atom stereocenters. The summed E-state index contributed by atoms with van der Waals surface area (Å²) in [5.41, 5.74) is -0.975. The molecule has 0 aliphatic carbocycles. The monoisotopic (exact) mass is 320 g/mol. The summed E-state index contributed by atoms with van der Waals surface area (Å²) < 4.78 is 0. The van der Waals surface area contributed by atoms with Crippen molar-refractivity contribution in [3.63, 3.8) is 0 Å². The van der Waals surface area contributed by atoms with Gasteiger partial charge in [-0.1, -0.05) is 0 Å². The van der Waals surface area contributed by atoms with E-state index in [1.165, 1.54) is 6.42 Å². The molecule has 0 saturated carbocycles. The van der Waals surface area contributed by atoms with Gasteiger partial charge in [0.1, 0.15) is 5.41 Å². The van der Waals surface area contributed by atoms with E-state index in [4.69, 9.17) is 5.26 Å². The van der Waals surface area contributed by atoms with Crippen molar-refractivity contribution >= 4 is 11.8 Å². The highest BCUT2D eigenvalue weighted by Crippen LogP contribution is 2.20. The number of piperazine rings is 1. The van der Waals surface area contributed by atoms with Gasteiger partial charge in [-0.15, -0.1) is 0 Å². The summed E-state index contributed by atoms with van der Waals surface area (Å²) in [7, 11) is 0. The molecule has 0 bridgehead atoms. The Morgan fingerprint density at radius 2 is 1.52 bits per heavy atom. The second kappa shape index (κ2) is 7.31. The van der Waals surface area contributed by atoms with E-state index in [0.717, 1.165) is 25.9 Å². The number of likely N-dealkylation sites (tertiary alicyclic amines) is 1. The minimum atomic E-state index is -0.975. The number of piperidine rings is 1. The average Bonchev–Trinajstić information content (AvgIpc) is 2.60. The van der Waals surface area contributed by atoms with E-state index >= 15 is 0 Å². The third-order valence-corrected chi connectivity index (χ3v) is 4.99. The van der Waals surface area contributed by atoms with E-state index in [2.05, 4.69) is 11.0 Å². The summed E-state index contributed by atoms with van der Waals surface area (Å²) in [6.45, 7) is 9.57. The minimum Gasteiger partial charge on any atom is -0.341 e. The quantitative estimate of drug-likeness (QED) is 0.780. The van der Waals surface area contributed by atoms with E-state index < -0.39 is 5.41 Å². The first kappa shape index (κ1) is 17.7. The van der Waals surface area contributed by atoms with Crippen molar-refractivity contribution in [3.8, 4) is 6.07 Å². The number of hydrogen-bond donors (Lipinski definition) is 0. The number of carbonyl (C=O) groups excluding carboxylic acids is 2. The van der Waals surface area contributed by atoms with Crippen LogP contribution in [0.15, 0.2) is 0 Å². The smallest absolute Gasteiger partial charge is 0.242 e. The third kappa shape index (κ3) is 4.03. The molecule has 6 heteroatoms. The van der Waals surface area contributed by atoms with Gasteiger partial charge in [-0.2, -0.15) is 5.26 Å². The lowest BCUT2D eigenvalue weighted by Gasteiger charge is -2.40. The van der Waals surface area contributed by atoms with Crippen molar-refractivity contribution in [1.29, 1.82) is 5.26 Å². The van der Waals surface area contributed by atoms with Gasteiger partial charge in [-0.3, -0.25) is 14.5 Å². The molecule has 0 radical (unpaired) electrons. The Hall–Kier alpha value is -1.61. The third-order valence-electron chi connectivity index (χ3n) is 4.99. The van der Waals surface area contributed by atoms with Gasteiger partial charge in [0.15, 0.2) is 0 Å². The molecule has 23 heavy (non-hydrogen) atoms. The molecule has 0 aromatic heterocycles. The van der Waals surface area contributed by atoms with Gasteiger partial charge in [0.05, 0.1) is 12.1 Å². The van der Waals surface area contributed by atoms with E-state index in [1.54, 1.807) is 18.7 Å². The molecular formula is C17H28N4O2. The van der Waals surface area contributed by atoms with Crippen LogP contribution < -0.4 is 0 Å². The Balaban J connectivity index is 1.87. The fourth-order valence-corrected chi connectivity index (χ4v) is 3.29. The number of rotatable bonds is 3. The Bertz CT molecular complexity index is 483. The molecule has 2 rings (SSSR count). The molecule has 128 valence electrons. The zero-order chi connectivity index (χ0) is 17.0. The maximum absolute atomic E-state index is 12.6. The zero-order valence-corrected chi connectivity index (χ0v) is 14.5. The van der Waals surface area contributed by atoms with Crippen LogP contribution in [0.1, 0.15) is 40.0 Å². The molecular weight excluding hydrogens is 292 g/mol. The van der Waals surface area contributed by atoms with Gasteiger partial charge in [0.25, 0.3) is 0 Å². The van der Waals surface area contributed by atoms with Crippen molar-refractivity contribution in [2.75, 3.05) is 39.3 Å². The lowest BCUT2D eigenvalue weighted by atomic mass is 9.93. The first-order valence-corrected chi connectivity index (χ1v) is 8.60. The van der Waals surface area contributed by atoms with Crippen LogP contribution >= 0.6 is 0 Å². The van der Waals surface area contributed by atoms with E-state index in [0.29, 0.717) is 26.2 Å². The van der Waals surface area contributed by atoms with Crippen LogP contribution in [-0.4, -0.2) is 71.8 Å². The van der Waals surface area contributed by atoms with Gasteiger partial charge >= 0.3 is 0 Å². The van der Waals surface area contributed by atoms with Crippen LogP contribution in [0.25, 0.3) is 0 Å². The second-order valence-corrected chi connectivity index (χ2v) is 7.13. The fraction of sp³-hybridized carbons (Fsp3) is 0.824. The Morgan fingerprint density at radius 1 is 0.957 bits per heavy atom. The number of nitrogens with zero attached hydrogens (tertiary/aromatic N) is 4. The highest BCUT2D eigenvalue weighted by molar-refractivity contribution is 5.85. The van der Waals surface area contributed by atoms with Crippen molar-refractivity contribution in [3.05, 3.63) is 0 Å². The summed E-state index contributed by atoms with van der Waals surface area (Å²) in [5.74, 6) is 0.0940. The van der Waals surface area contributed by atoms with Gasteiger partial charge in [-0.05, 0) is 40.0 Å². The Kier molecular flexibility index (Phi) is 5.64. The number of nitriles is 1. The molecule has 2 aliphatic heterocycles. The van der Waals surface area contributed by atoms with Gasteiger partial charge in [-0.25, -0.2) is 0 Å². The highest BCUT2D eigenvalue weighted by Gasteiger charge is 2.35. The summed E-state index contributed by atoms with van der Waals surface area (Å²) in [6.07, 6.45) is 3.42. The summed E-state index contributed by atoms with van der Waals surface area (Å²) >= 11 is 0. The number of carbonyl (C=O) groups is 2. The molecule has 2 amide bonds. The SMILES string of the molecule is C[C@H](C(=O)N1CCCCC1)N1CCN(C(=O)C(C)(C)C#N)CC1. The molecule has 0 spiro atoms. The van der Waals surface area contributed by atoms with Crippen LogP contribution in [0.5, 0.6) is 0 Å². The molecule has 6 nitrogen and oxygen atoms in total. The standard InChI is InChI=1S/C17H28N4O2/c1-14(15(22)20-7-5-4-6-8-20)19-9-11-21(12-10-19)16(23)17(2,3)13-18/h14H,4-12H2,1-3H3/t14-/m1/s1. The largest absolute Gasteiger partial charge is 0.341 e. The first-order chi connectivity index (χ1) is 10.9. The van der Waals surface area contributed by atoms with Crippen LogP contribution in [0.3, 0.4) is 0 Å². The van der Waals surface area contributed by atoms with Gasteiger partial charge < -0.3 is 9.80 Å². The average molecular weight is 320 g/mol. The van der Waals surface area contributed by atoms with Crippen molar-refractivity contribution in [2.45, 2.75) is 46.1 Å². The molecule has 0 aromatic rings. The normalized spacial score (nSPS) is 21.7. The van der Waals surface area contributed by atoms with E-state index in [-0.39, 0.29) is 17.9 Å². The maximum Gasteiger partial charge on any atom is 0.242 e. The molecule has 0 N–H and O–H groups in total. The Morgan fingerprint density at radius 3 is 2.04 bits per heavy atom. The van der Waals surface area contributed by atoms with Crippen LogP contribution in [0.4, 0.5) is 0 Å². The molecule has 1 atom stereocenters. The fourth-order valence-electron chi connectivity index (χ4n) is 3.29. The highest BCUT2D eigenvalue weighted by atomic mass is 16.2.